The van der Waals surface area contributed by atoms with E-state index >= 15 is 0 Å². The minimum atomic E-state index is -3.99. The molecule has 0 saturated heterocycles. The first kappa shape index (κ1) is 25.6. The van der Waals surface area contributed by atoms with E-state index in [9.17, 15) is 22.0 Å². The SMILES string of the molecule is NS(=O)(=O)OC[C@@H]1CC[C@H](Nc2ncncc2C(=O)c2ccn(Cc3cccc(OC(F)F)c3)n2)C1. The van der Waals surface area contributed by atoms with Crippen LogP contribution >= 0.6 is 0 Å². The molecule has 3 aromatic rings. The lowest BCUT2D eigenvalue weighted by atomic mass is 10.1. The largest absolute Gasteiger partial charge is 0.435 e. The summed E-state index contributed by atoms with van der Waals surface area (Å²) in [7, 11) is -3.99. The zero-order valence-electron chi connectivity index (χ0n) is 19.0. The molecule has 2 heterocycles. The highest BCUT2D eigenvalue weighted by Gasteiger charge is 2.28. The molecule has 11 nitrogen and oxygen atoms in total. The van der Waals surface area contributed by atoms with Crippen molar-refractivity contribution in [3.05, 3.63) is 65.9 Å². The Morgan fingerprint density at radius 3 is 2.89 bits per heavy atom. The predicted octanol–water partition coefficient (Wildman–Crippen LogP) is 2.35. The van der Waals surface area contributed by atoms with Crippen molar-refractivity contribution in [2.45, 2.75) is 38.5 Å². The second-order valence-corrected chi connectivity index (χ2v) is 9.56. The Morgan fingerprint density at radius 2 is 2.11 bits per heavy atom. The Kier molecular flexibility index (Phi) is 7.86. The van der Waals surface area contributed by atoms with Gasteiger partial charge in [0.25, 0.3) is 0 Å². The van der Waals surface area contributed by atoms with E-state index in [1.54, 1.807) is 24.4 Å². The van der Waals surface area contributed by atoms with Crippen molar-refractivity contribution in [1.82, 2.24) is 19.7 Å². The van der Waals surface area contributed by atoms with Gasteiger partial charge in [-0.05, 0) is 48.9 Å². The van der Waals surface area contributed by atoms with Crippen molar-refractivity contribution < 1.29 is 30.9 Å². The van der Waals surface area contributed by atoms with E-state index in [0.29, 0.717) is 17.8 Å². The van der Waals surface area contributed by atoms with Crippen molar-refractivity contribution in [2.75, 3.05) is 11.9 Å². The fraction of sp³-hybridized carbons (Fsp3) is 0.364. The third-order valence-corrected chi connectivity index (χ3v) is 6.11. The molecule has 36 heavy (non-hydrogen) atoms. The first-order chi connectivity index (χ1) is 17.2. The second kappa shape index (κ2) is 11.1. The summed E-state index contributed by atoms with van der Waals surface area (Å²) in [6.07, 6.45) is 6.42. The van der Waals surface area contributed by atoms with E-state index in [-0.39, 0.29) is 42.1 Å². The molecule has 0 radical (unpaired) electrons. The highest BCUT2D eigenvalue weighted by Crippen LogP contribution is 2.29. The second-order valence-electron chi connectivity index (χ2n) is 8.34. The summed E-state index contributed by atoms with van der Waals surface area (Å²) >= 11 is 0. The van der Waals surface area contributed by atoms with Gasteiger partial charge in [0.1, 0.15) is 23.6 Å². The molecule has 14 heteroatoms. The maximum Gasteiger partial charge on any atom is 0.387 e. The molecule has 192 valence electrons. The number of aromatic nitrogens is 4. The first-order valence-electron chi connectivity index (χ1n) is 11.0. The number of carbonyl (C=O) groups excluding carboxylic acids is 1. The fourth-order valence-corrected chi connectivity index (χ4v) is 4.45. The van der Waals surface area contributed by atoms with Crippen LogP contribution in [0.5, 0.6) is 5.75 Å². The summed E-state index contributed by atoms with van der Waals surface area (Å²) < 4.78 is 57.6. The van der Waals surface area contributed by atoms with Crippen LogP contribution in [-0.2, 0) is 21.0 Å². The first-order valence-corrected chi connectivity index (χ1v) is 12.5. The molecule has 2 atom stereocenters. The number of nitrogens with two attached hydrogens (primary N) is 1. The van der Waals surface area contributed by atoms with E-state index < -0.39 is 22.7 Å². The molecule has 3 N–H and O–H groups in total. The Morgan fingerprint density at radius 1 is 1.28 bits per heavy atom. The van der Waals surface area contributed by atoms with Crippen molar-refractivity contribution in [3.63, 3.8) is 0 Å². The van der Waals surface area contributed by atoms with Gasteiger partial charge >= 0.3 is 16.9 Å². The molecule has 1 saturated carbocycles. The highest BCUT2D eigenvalue weighted by molar-refractivity contribution is 7.84. The number of alkyl halides is 2. The molecule has 1 aliphatic rings. The lowest BCUT2D eigenvalue weighted by Gasteiger charge is -2.15. The molecule has 1 fully saturated rings. The van der Waals surface area contributed by atoms with Gasteiger partial charge in [0.05, 0.1) is 18.7 Å². The van der Waals surface area contributed by atoms with Crippen LogP contribution in [0, 0.1) is 5.92 Å². The highest BCUT2D eigenvalue weighted by atomic mass is 32.2. The van der Waals surface area contributed by atoms with E-state index in [2.05, 4.69) is 25.1 Å². The van der Waals surface area contributed by atoms with Gasteiger partial charge in [-0.1, -0.05) is 12.1 Å². The quantitative estimate of drug-likeness (QED) is 0.362. The van der Waals surface area contributed by atoms with E-state index in [0.717, 1.165) is 12.8 Å². The molecule has 1 aliphatic carbocycles. The lowest BCUT2D eigenvalue weighted by Crippen LogP contribution is -2.22. The van der Waals surface area contributed by atoms with Gasteiger partial charge in [0, 0.05) is 18.4 Å². The number of ketones is 1. The van der Waals surface area contributed by atoms with Crippen molar-refractivity contribution >= 4 is 21.9 Å². The molecule has 0 spiro atoms. The van der Waals surface area contributed by atoms with E-state index in [1.807, 2.05) is 0 Å². The van der Waals surface area contributed by atoms with Crippen LogP contribution in [0.15, 0.2) is 49.1 Å². The monoisotopic (exact) mass is 522 g/mol. The molecule has 0 bridgehead atoms. The number of nitrogens with one attached hydrogen (secondary N) is 1. The molecular weight excluding hydrogens is 498 g/mol. The smallest absolute Gasteiger partial charge is 0.387 e. The van der Waals surface area contributed by atoms with Gasteiger partial charge in [-0.3, -0.25) is 13.7 Å². The van der Waals surface area contributed by atoms with Crippen LogP contribution in [0.25, 0.3) is 0 Å². The topological polar surface area (TPSA) is 151 Å². The molecule has 0 amide bonds. The minimum absolute atomic E-state index is 0.00117. The number of halogens is 2. The normalized spacial score (nSPS) is 17.9. The van der Waals surface area contributed by atoms with Gasteiger partial charge < -0.3 is 10.1 Å². The number of hydrogen-bond acceptors (Lipinski definition) is 9. The molecule has 1 aromatic carbocycles. The van der Waals surface area contributed by atoms with Gasteiger partial charge in [-0.25, -0.2) is 15.1 Å². The Balaban J connectivity index is 1.41. The fourth-order valence-electron chi connectivity index (χ4n) is 4.07. The van der Waals surface area contributed by atoms with E-state index in [1.165, 1.54) is 29.3 Å². The summed E-state index contributed by atoms with van der Waals surface area (Å²) in [6, 6.07) is 7.74. The summed E-state index contributed by atoms with van der Waals surface area (Å²) in [5, 5.41) is 12.4. The molecule has 4 rings (SSSR count). The summed E-state index contributed by atoms with van der Waals surface area (Å²) in [4.78, 5) is 21.3. The number of benzene rings is 1. The number of rotatable bonds is 11. The number of ether oxygens (including phenoxy) is 1. The van der Waals surface area contributed by atoms with Crippen LogP contribution < -0.4 is 15.2 Å². The third-order valence-electron chi connectivity index (χ3n) is 5.65. The standard InChI is InChI=1S/C22H24F2N6O5S/c23-22(24)35-17-3-1-2-14(9-17)11-30-7-6-19(29-30)20(31)18-10-26-13-27-21(18)28-16-5-4-15(8-16)12-34-36(25,32)33/h1-3,6-7,9-10,13,15-16,22H,4-5,8,11-12H2,(H2,25,32,33)(H,26,27,28)/t15-,16+/m1/s1. The van der Waals surface area contributed by atoms with Gasteiger partial charge in [0.2, 0.25) is 5.78 Å². The third kappa shape index (κ3) is 7.02. The molecule has 0 unspecified atom stereocenters. The maximum atomic E-state index is 13.2. The Hall–Kier alpha value is -3.49. The van der Waals surface area contributed by atoms with Crippen LogP contribution in [0.1, 0.15) is 40.9 Å². The van der Waals surface area contributed by atoms with Gasteiger partial charge in [-0.2, -0.15) is 22.3 Å². The van der Waals surface area contributed by atoms with Gasteiger partial charge in [0.15, 0.2) is 0 Å². The number of anilines is 1. The Labute approximate surface area is 205 Å². The summed E-state index contributed by atoms with van der Waals surface area (Å²) in [6.45, 7) is -2.68. The zero-order valence-corrected chi connectivity index (χ0v) is 19.8. The van der Waals surface area contributed by atoms with E-state index in [4.69, 9.17) is 9.32 Å². The number of hydrogen-bond donors (Lipinski definition) is 2. The van der Waals surface area contributed by atoms with Crippen molar-refractivity contribution in [2.24, 2.45) is 11.1 Å². The Bertz CT molecular complexity index is 1320. The van der Waals surface area contributed by atoms with Crippen LogP contribution in [0.2, 0.25) is 0 Å². The zero-order chi connectivity index (χ0) is 25.7. The number of carbonyl (C=O) groups is 1. The van der Waals surface area contributed by atoms with Crippen LogP contribution in [0.4, 0.5) is 14.6 Å². The van der Waals surface area contributed by atoms with Crippen LogP contribution in [0.3, 0.4) is 0 Å². The minimum Gasteiger partial charge on any atom is -0.435 e. The van der Waals surface area contributed by atoms with Crippen molar-refractivity contribution in [1.29, 1.82) is 0 Å². The van der Waals surface area contributed by atoms with Crippen LogP contribution in [-0.4, -0.2) is 53.2 Å². The average Bonchev–Trinajstić information content (AvgIpc) is 3.47. The number of nitrogens with zero attached hydrogens (tertiary/aromatic N) is 4. The summed E-state index contributed by atoms with van der Waals surface area (Å²) in [5.74, 6) is -0.00580. The average molecular weight is 523 g/mol. The lowest BCUT2D eigenvalue weighted by molar-refractivity contribution is -0.0498. The van der Waals surface area contributed by atoms with Gasteiger partial charge in [-0.15, -0.1) is 0 Å². The maximum absolute atomic E-state index is 13.2. The predicted molar refractivity (Wildman–Crippen MR) is 124 cm³/mol. The summed E-state index contributed by atoms with van der Waals surface area (Å²) in [5.41, 5.74) is 1.07. The molecular formula is C22H24F2N6O5S. The molecule has 0 aliphatic heterocycles. The van der Waals surface area contributed by atoms with Crippen molar-refractivity contribution in [3.8, 4) is 5.75 Å². The molecule has 2 aromatic heterocycles.